The number of nitrogens with zero attached hydrogens (tertiary/aromatic N) is 2. The van der Waals surface area contributed by atoms with Crippen molar-refractivity contribution in [3.63, 3.8) is 0 Å². The maximum absolute atomic E-state index is 11.9. The highest BCUT2D eigenvalue weighted by atomic mass is 79.9. The van der Waals surface area contributed by atoms with E-state index in [0.717, 1.165) is 0 Å². The Morgan fingerprint density at radius 1 is 1.76 bits per heavy atom. The summed E-state index contributed by atoms with van der Waals surface area (Å²) in [5.74, 6) is 2.59. The second kappa shape index (κ2) is 5.19. The topological polar surface area (TPSA) is 46.9 Å². The molecule has 4 nitrogen and oxygen atoms in total. The van der Waals surface area contributed by atoms with Crippen LogP contribution in [0.5, 0.6) is 0 Å². The second-order valence-corrected chi connectivity index (χ2v) is 4.84. The van der Waals surface area contributed by atoms with Gasteiger partial charge in [0.1, 0.15) is 4.47 Å². The largest absolute Gasteiger partial charge is 0.367 e. The van der Waals surface area contributed by atoms with E-state index in [-0.39, 0.29) is 5.56 Å². The number of rotatable bonds is 4. The first-order valence-electron chi connectivity index (χ1n) is 5.03. The molecule has 90 valence electrons. The summed E-state index contributed by atoms with van der Waals surface area (Å²) in [7, 11) is 0. The first kappa shape index (κ1) is 13.5. The zero-order valence-corrected chi connectivity index (χ0v) is 11.4. The van der Waals surface area contributed by atoms with Crippen molar-refractivity contribution < 1.29 is 0 Å². The minimum absolute atomic E-state index is 0.220. The summed E-state index contributed by atoms with van der Waals surface area (Å²) in [6, 6.07) is 0. The Labute approximate surface area is 109 Å². The van der Waals surface area contributed by atoms with Gasteiger partial charge in [-0.1, -0.05) is 12.0 Å². The van der Waals surface area contributed by atoms with Crippen molar-refractivity contribution in [1.29, 1.82) is 0 Å². The van der Waals surface area contributed by atoms with Gasteiger partial charge in [0, 0.05) is 0 Å². The molecule has 0 aliphatic heterocycles. The molecule has 0 unspecified atom stereocenters. The fourth-order valence-electron chi connectivity index (χ4n) is 1.18. The Kier molecular flexibility index (Phi) is 4.13. The van der Waals surface area contributed by atoms with Crippen LogP contribution in [-0.4, -0.2) is 15.3 Å². The normalized spacial score (nSPS) is 10.7. The van der Waals surface area contributed by atoms with Gasteiger partial charge in [-0.15, -0.1) is 13.0 Å². The van der Waals surface area contributed by atoms with Gasteiger partial charge in [0.05, 0.1) is 24.0 Å². The van der Waals surface area contributed by atoms with Gasteiger partial charge in [-0.05, 0) is 29.8 Å². The molecule has 0 radical (unpaired) electrons. The van der Waals surface area contributed by atoms with Crippen molar-refractivity contribution in [3.8, 4) is 12.3 Å². The van der Waals surface area contributed by atoms with Crippen molar-refractivity contribution >= 4 is 21.6 Å². The number of aromatic nitrogens is 2. The van der Waals surface area contributed by atoms with Crippen LogP contribution in [0, 0.1) is 12.3 Å². The van der Waals surface area contributed by atoms with Crippen LogP contribution in [-0.2, 0) is 6.54 Å². The van der Waals surface area contributed by atoms with Crippen LogP contribution >= 0.6 is 15.9 Å². The molecular formula is C12H14BrN3O. The average molecular weight is 296 g/mol. The van der Waals surface area contributed by atoms with Crippen molar-refractivity contribution in [2.24, 2.45) is 0 Å². The molecule has 5 heteroatoms. The molecule has 0 aliphatic rings. The van der Waals surface area contributed by atoms with Crippen LogP contribution in [0.3, 0.4) is 0 Å². The fourth-order valence-corrected chi connectivity index (χ4v) is 1.58. The monoisotopic (exact) mass is 295 g/mol. The third-order valence-corrected chi connectivity index (χ3v) is 2.86. The minimum Gasteiger partial charge on any atom is -0.367 e. The van der Waals surface area contributed by atoms with E-state index in [2.05, 4.69) is 38.8 Å². The number of terminal acetylenes is 1. The van der Waals surface area contributed by atoms with Gasteiger partial charge in [-0.25, -0.2) is 4.68 Å². The van der Waals surface area contributed by atoms with E-state index in [1.165, 1.54) is 4.68 Å². The molecule has 0 atom stereocenters. The third-order valence-electron chi connectivity index (χ3n) is 2.09. The number of nitrogens with one attached hydrogen (secondary N) is 1. The lowest BCUT2D eigenvalue weighted by Gasteiger charge is -2.21. The first-order valence-corrected chi connectivity index (χ1v) is 5.83. The Bertz CT molecular complexity index is 526. The molecule has 1 heterocycles. The summed E-state index contributed by atoms with van der Waals surface area (Å²) in [4.78, 5) is 11.9. The SMILES string of the molecule is C#CC(C)(C)Nc1cnn(CC=C)c(=O)c1Br. The van der Waals surface area contributed by atoms with Gasteiger partial charge >= 0.3 is 0 Å². The lowest BCUT2D eigenvalue weighted by Crippen LogP contribution is -2.31. The molecule has 0 amide bonds. The predicted molar refractivity (Wildman–Crippen MR) is 72.9 cm³/mol. The summed E-state index contributed by atoms with van der Waals surface area (Å²) in [5.41, 5.74) is -0.178. The molecule has 17 heavy (non-hydrogen) atoms. The number of hydrogen-bond donors (Lipinski definition) is 1. The van der Waals surface area contributed by atoms with Gasteiger partial charge in [0.2, 0.25) is 0 Å². The summed E-state index contributed by atoms with van der Waals surface area (Å²) in [5, 5.41) is 7.08. The number of halogens is 1. The Morgan fingerprint density at radius 2 is 2.41 bits per heavy atom. The third kappa shape index (κ3) is 3.21. The maximum Gasteiger partial charge on any atom is 0.283 e. The van der Waals surface area contributed by atoms with Gasteiger partial charge in [0.25, 0.3) is 5.56 Å². The molecule has 0 saturated heterocycles. The van der Waals surface area contributed by atoms with Gasteiger partial charge in [0.15, 0.2) is 0 Å². The molecule has 1 aromatic rings. The summed E-state index contributed by atoms with van der Waals surface area (Å²) in [6.07, 6.45) is 8.55. The maximum atomic E-state index is 11.9. The van der Waals surface area contributed by atoms with Crippen molar-refractivity contribution in [2.45, 2.75) is 25.9 Å². The second-order valence-electron chi connectivity index (χ2n) is 4.04. The fraction of sp³-hybridized carbons (Fsp3) is 0.333. The van der Waals surface area contributed by atoms with Crippen LogP contribution in [0.15, 0.2) is 28.1 Å². The van der Waals surface area contributed by atoms with E-state index >= 15 is 0 Å². The van der Waals surface area contributed by atoms with Crippen LogP contribution in [0.2, 0.25) is 0 Å². The molecule has 1 aromatic heterocycles. The molecule has 0 bridgehead atoms. The Morgan fingerprint density at radius 3 is 2.94 bits per heavy atom. The lowest BCUT2D eigenvalue weighted by atomic mass is 10.1. The van der Waals surface area contributed by atoms with Crippen LogP contribution in [0.4, 0.5) is 5.69 Å². The highest BCUT2D eigenvalue weighted by Gasteiger charge is 2.17. The minimum atomic E-state index is -0.540. The van der Waals surface area contributed by atoms with E-state index in [0.29, 0.717) is 16.7 Å². The summed E-state index contributed by atoms with van der Waals surface area (Å²) >= 11 is 3.24. The number of hydrogen-bond acceptors (Lipinski definition) is 3. The van der Waals surface area contributed by atoms with E-state index < -0.39 is 5.54 Å². The molecule has 0 fully saturated rings. The Hall–Kier alpha value is -1.54. The predicted octanol–water partition coefficient (Wildman–Crippen LogP) is 2.02. The average Bonchev–Trinajstić information content (AvgIpc) is 2.29. The van der Waals surface area contributed by atoms with Gasteiger partial charge in [-0.3, -0.25) is 4.79 Å². The molecule has 0 aliphatic carbocycles. The quantitative estimate of drug-likeness (QED) is 0.683. The molecule has 0 spiro atoms. The number of anilines is 1. The van der Waals surface area contributed by atoms with Gasteiger partial charge in [-0.2, -0.15) is 5.10 Å². The van der Waals surface area contributed by atoms with Crippen molar-refractivity contribution in [2.75, 3.05) is 5.32 Å². The highest BCUT2D eigenvalue weighted by Crippen LogP contribution is 2.20. The van der Waals surface area contributed by atoms with Crippen LogP contribution in [0.25, 0.3) is 0 Å². The van der Waals surface area contributed by atoms with E-state index in [1.807, 2.05) is 13.8 Å². The highest BCUT2D eigenvalue weighted by molar-refractivity contribution is 9.10. The van der Waals surface area contributed by atoms with Gasteiger partial charge < -0.3 is 5.32 Å². The molecular weight excluding hydrogens is 282 g/mol. The van der Waals surface area contributed by atoms with E-state index in [1.54, 1.807) is 12.3 Å². The standard InChI is InChI=1S/C12H14BrN3O/c1-5-7-16-11(17)10(13)9(8-14-16)15-12(3,4)6-2/h2,5,8,15H,1,7H2,3-4H3. The lowest BCUT2D eigenvalue weighted by molar-refractivity contribution is 0.645. The zero-order valence-electron chi connectivity index (χ0n) is 9.83. The molecule has 1 rings (SSSR count). The van der Waals surface area contributed by atoms with Crippen LogP contribution < -0.4 is 10.9 Å². The van der Waals surface area contributed by atoms with E-state index in [4.69, 9.17) is 6.42 Å². The Balaban J connectivity index is 3.14. The first-order chi connectivity index (χ1) is 7.91. The smallest absolute Gasteiger partial charge is 0.283 e. The number of allylic oxidation sites excluding steroid dienone is 1. The van der Waals surface area contributed by atoms with Crippen molar-refractivity contribution in [3.05, 3.63) is 33.7 Å². The molecule has 0 aromatic carbocycles. The van der Waals surface area contributed by atoms with Crippen molar-refractivity contribution in [1.82, 2.24) is 9.78 Å². The summed E-state index contributed by atoms with van der Waals surface area (Å²) in [6.45, 7) is 7.62. The van der Waals surface area contributed by atoms with Crippen LogP contribution in [0.1, 0.15) is 13.8 Å². The van der Waals surface area contributed by atoms with E-state index in [9.17, 15) is 4.79 Å². The molecule has 1 N–H and O–H groups in total. The zero-order chi connectivity index (χ0) is 13.1. The molecule has 0 saturated carbocycles. The summed E-state index contributed by atoms with van der Waals surface area (Å²) < 4.78 is 1.73.